The number of rotatable bonds is 2. The molecule has 1 aliphatic heterocycles. The van der Waals surface area contributed by atoms with Crippen molar-refractivity contribution in [3.05, 3.63) is 35.9 Å². The minimum atomic E-state index is -0.450. The summed E-state index contributed by atoms with van der Waals surface area (Å²) in [6, 6.07) is 10.3. The number of hydrogen-bond donors (Lipinski definition) is 0. The first-order valence-corrected chi connectivity index (χ1v) is 6.14. The largest absolute Gasteiger partial charge is 0.347 e. The highest BCUT2D eigenvalue weighted by Crippen LogP contribution is 2.62. The first-order chi connectivity index (χ1) is 7.83. The molecule has 1 aromatic rings. The number of ether oxygens (including phenoxy) is 2. The maximum atomic E-state index is 6.05. The summed E-state index contributed by atoms with van der Waals surface area (Å²) < 4.78 is 11.8. The fraction of sp³-hybridized carbons (Fsp3) is 0.571. The van der Waals surface area contributed by atoms with Crippen molar-refractivity contribution >= 4 is 0 Å². The molecule has 0 N–H and O–H groups in total. The Morgan fingerprint density at radius 1 is 1.06 bits per heavy atom. The molecule has 2 fully saturated rings. The van der Waals surface area contributed by atoms with Crippen LogP contribution in [0.3, 0.4) is 0 Å². The molecule has 1 heterocycles. The summed E-state index contributed by atoms with van der Waals surface area (Å²) in [5.74, 6) is -0.450. The lowest BCUT2D eigenvalue weighted by atomic mass is 9.82. The molecule has 1 aromatic carbocycles. The molecule has 0 radical (unpaired) electrons. The molecule has 0 unspecified atom stereocenters. The Hall–Kier alpha value is -0.860. The van der Waals surface area contributed by atoms with E-state index in [1.807, 2.05) is 18.2 Å². The lowest BCUT2D eigenvalue weighted by Crippen LogP contribution is -2.28. The molecule has 0 bridgehead atoms. The van der Waals surface area contributed by atoms with Crippen LogP contribution < -0.4 is 0 Å². The van der Waals surface area contributed by atoms with Crippen LogP contribution in [-0.2, 0) is 15.3 Å². The van der Waals surface area contributed by atoms with Gasteiger partial charge in [0.25, 0.3) is 0 Å². The molecule has 1 saturated heterocycles. The second-order valence-electron chi connectivity index (χ2n) is 4.84. The second-order valence-corrected chi connectivity index (χ2v) is 4.84. The van der Waals surface area contributed by atoms with E-state index < -0.39 is 5.79 Å². The number of methoxy groups -OCH3 is 1. The highest BCUT2D eigenvalue weighted by Gasteiger charge is 2.71. The average molecular weight is 218 g/mol. The van der Waals surface area contributed by atoms with Crippen molar-refractivity contribution in [3.8, 4) is 0 Å². The summed E-state index contributed by atoms with van der Waals surface area (Å²) >= 11 is 0. The Kier molecular flexibility index (Phi) is 2.30. The zero-order valence-electron chi connectivity index (χ0n) is 9.74. The molecular weight excluding hydrogens is 200 g/mol. The fourth-order valence-corrected chi connectivity index (χ4v) is 3.13. The van der Waals surface area contributed by atoms with E-state index in [1.54, 1.807) is 7.11 Å². The summed E-state index contributed by atoms with van der Waals surface area (Å²) in [5, 5.41) is 0. The molecule has 3 rings (SSSR count). The molecule has 1 saturated carbocycles. The van der Waals surface area contributed by atoms with E-state index in [1.165, 1.54) is 24.8 Å². The number of benzene rings is 1. The van der Waals surface area contributed by atoms with E-state index in [0.29, 0.717) is 0 Å². The third-order valence-electron chi connectivity index (χ3n) is 4.00. The van der Waals surface area contributed by atoms with E-state index in [0.717, 1.165) is 12.8 Å². The van der Waals surface area contributed by atoms with Gasteiger partial charge in [-0.25, -0.2) is 0 Å². The zero-order valence-corrected chi connectivity index (χ0v) is 9.74. The van der Waals surface area contributed by atoms with Crippen LogP contribution in [-0.4, -0.2) is 12.7 Å². The van der Waals surface area contributed by atoms with E-state index in [2.05, 4.69) is 12.1 Å². The lowest BCUT2D eigenvalue weighted by Gasteiger charge is -2.22. The summed E-state index contributed by atoms with van der Waals surface area (Å²) in [6.07, 6.45) is 6.13. The summed E-state index contributed by atoms with van der Waals surface area (Å²) in [4.78, 5) is 0. The van der Waals surface area contributed by atoms with Crippen LogP contribution in [0.4, 0.5) is 0 Å². The number of hydrogen-bond acceptors (Lipinski definition) is 2. The third-order valence-corrected chi connectivity index (χ3v) is 4.00. The van der Waals surface area contributed by atoms with Crippen molar-refractivity contribution in [3.63, 3.8) is 0 Å². The molecule has 2 nitrogen and oxygen atoms in total. The molecule has 86 valence electrons. The fourth-order valence-electron chi connectivity index (χ4n) is 3.13. The molecule has 16 heavy (non-hydrogen) atoms. The molecule has 1 spiro atoms. The standard InChI is InChI=1S/C14H18O2/c1-15-14(12-8-4-2-5-9-12)13(16-14)10-6-3-7-11-13/h2,4-5,8-9H,3,6-7,10-11H2,1H3/t14-/m0/s1. The Balaban J connectivity index is 1.92. The monoisotopic (exact) mass is 218 g/mol. The number of epoxide rings is 1. The Labute approximate surface area is 96.6 Å². The van der Waals surface area contributed by atoms with Crippen LogP contribution in [0.5, 0.6) is 0 Å². The molecule has 0 aromatic heterocycles. The summed E-state index contributed by atoms with van der Waals surface area (Å²) in [6.45, 7) is 0. The van der Waals surface area contributed by atoms with Crippen molar-refractivity contribution < 1.29 is 9.47 Å². The highest BCUT2D eigenvalue weighted by atomic mass is 16.8. The average Bonchev–Trinajstić information content (AvgIpc) is 3.00. The van der Waals surface area contributed by atoms with Gasteiger partial charge in [0.2, 0.25) is 5.79 Å². The lowest BCUT2D eigenvalue weighted by molar-refractivity contribution is -0.0153. The molecule has 1 atom stereocenters. The third kappa shape index (κ3) is 1.26. The van der Waals surface area contributed by atoms with Gasteiger partial charge >= 0.3 is 0 Å². The van der Waals surface area contributed by atoms with Crippen molar-refractivity contribution in [1.29, 1.82) is 0 Å². The molecule has 2 aliphatic rings. The van der Waals surface area contributed by atoms with Gasteiger partial charge in [0.1, 0.15) is 5.60 Å². The minimum Gasteiger partial charge on any atom is -0.347 e. The predicted molar refractivity (Wildman–Crippen MR) is 62.0 cm³/mol. The van der Waals surface area contributed by atoms with Crippen LogP contribution in [0.2, 0.25) is 0 Å². The van der Waals surface area contributed by atoms with Gasteiger partial charge in [0, 0.05) is 12.7 Å². The van der Waals surface area contributed by atoms with Crippen LogP contribution in [0.1, 0.15) is 37.7 Å². The first kappa shape index (κ1) is 10.3. The van der Waals surface area contributed by atoms with Gasteiger partial charge in [0.15, 0.2) is 0 Å². The summed E-state index contributed by atoms with van der Waals surface area (Å²) in [5.41, 5.74) is 1.14. The van der Waals surface area contributed by atoms with Crippen LogP contribution in [0.25, 0.3) is 0 Å². The molecular formula is C14H18O2. The maximum Gasteiger partial charge on any atom is 0.225 e. The molecule has 1 aliphatic carbocycles. The highest BCUT2D eigenvalue weighted by molar-refractivity contribution is 5.31. The Bertz CT molecular complexity index is 368. The van der Waals surface area contributed by atoms with Crippen LogP contribution in [0.15, 0.2) is 30.3 Å². The Morgan fingerprint density at radius 3 is 2.38 bits per heavy atom. The molecule has 0 amide bonds. The van der Waals surface area contributed by atoms with Crippen LogP contribution >= 0.6 is 0 Å². The summed E-state index contributed by atoms with van der Waals surface area (Å²) in [7, 11) is 1.76. The Morgan fingerprint density at radius 2 is 1.75 bits per heavy atom. The zero-order chi connectivity index (χ0) is 11.1. The SMILES string of the molecule is CO[C@@]1(c2ccccc2)OC12CCCCC2. The van der Waals surface area contributed by atoms with Gasteiger partial charge in [-0.05, 0) is 12.8 Å². The van der Waals surface area contributed by atoms with Gasteiger partial charge in [0.05, 0.1) is 0 Å². The topological polar surface area (TPSA) is 21.8 Å². The maximum absolute atomic E-state index is 6.05. The van der Waals surface area contributed by atoms with Crippen LogP contribution in [0, 0.1) is 0 Å². The van der Waals surface area contributed by atoms with Gasteiger partial charge in [-0.15, -0.1) is 0 Å². The van der Waals surface area contributed by atoms with Gasteiger partial charge in [-0.3, -0.25) is 0 Å². The van der Waals surface area contributed by atoms with Gasteiger partial charge < -0.3 is 9.47 Å². The van der Waals surface area contributed by atoms with Crippen molar-refractivity contribution in [2.75, 3.05) is 7.11 Å². The molecule has 2 heteroatoms. The minimum absolute atomic E-state index is 0.0264. The van der Waals surface area contributed by atoms with Gasteiger partial charge in [-0.1, -0.05) is 49.6 Å². The van der Waals surface area contributed by atoms with Crippen molar-refractivity contribution in [2.24, 2.45) is 0 Å². The van der Waals surface area contributed by atoms with E-state index in [9.17, 15) is 0 Å². The van der Waals surface area contributed by atoms with E-state index >= 15 is 0 Å². The smallest absolute Gasteiger partial charge is 0.225 e. The van der Waals surface area contributed by atoms with Gasteiger partial charge in [-0.2, -0.15) is 0 Å². The first-order valence-electron chi connectivity index (χ1n) is 6.14. The van der Waals surface area contributed by atoms with Crippen molar-refractivity contribution in [1.82, 2.24) is 0 Å². The quantitative estimate of drug-likeness (QED) is 0.711. The second kappa shape index (κ2) is 3.57. The normalized spacial score (nSPS) is 31.6. The van der Waals surface area contributed by atoms with E-state index in [4.69, 9.17) is 9.47 Å². The predicted octanol–water partition coefficient (Wildman–Crippen LogP) is 3.22. The van der Waals surface area contributed by atoms with Crippen molar-refractivity contribution in [2.45, 2.75) is 43.5 Å². The van der Waals surface area contributed by atoms with E-state index in [-0.39, 0.29) is 5.60 Å².